The first kappa shape index (κ1) is 20.3. The summed E-state index contributed by atoms with van der Waals surface area (Å²) in [5.74, 6) is 0.549. The van der Waals surface area contributed by atoms with E-state index in [-0.39, 0.29) is 12.3 Å². The van der Waals surface area contributed by atoms with Crippen molar-refractivity contribution >= 4 is 5.91 Å². The standard InChI is InChI=1S/C21H36N4O2/c1-16(2)19-7-12-25(22-19)18-5-10-24(11-6-18)20(26)15-21(27)8-13-23(14-9-21)17(3)4/h7,12,16-18,27H,5-6,8-11,13-15H2,1-4H3. The molecule has 1 aromatic rings. The van der Waals surface area contributed by atoms with E-state index < -0.39 is 5.60 Å². The van der Waals surface area contributed by atoms with Crippen molar-refractivity contribution in [1.82, 2.24) is 19.6 Å². The third-order valence-electron chi connectivity index (χ3n) is 6.35. The predicted molar refractivity (Wildman–Crippen MR) is 107 cm³/mol. The van der Waals surface area contributed by atoms with Gasteiger partial charge in [-0.1, -0.05) is 13.8 Å². The number of hydrogen-bond acceptors (Lipinski definition) is 4. The lowest BCUT2D eigenvalue weighted by Crippen LogP contribution is -2.50. The molecule has 0 aliphatic carbocycles. The van der Waals surface area contributed by atoms with Crippen LogP contribution in [0.4, 0.5) is 0 Å². The van der Waals surface area contributed by atoms with Gasteiger partial charge in [0.2, 0.25) is 5.91 Å². The van der Waals surface area contributed by atoms with Crippen LogP contribution >= 0.6 is 0 Å². The van der Waals surface area contributed by atoms with Gasteiger partial charge in [-0.2, -0.15) is 5.10 Å². The highest BCUT2D eigenvalue weighted by molar-refractivity contribution is 5.77. The molecule has 0 unspecified atom stereocenters. The first-order valence-corrected chi connectivity index (χ1v) is 10.6. The number of carbonyl (C=O) groups excluding carboxylic acids is 1. The zero-order chi connectivity index (χ0) is 19.6. The third kappa shape index (κ3) is 4.91. The molecule has 2 aliphatic heterocycles. The highest BCUT2D eigenvalue weighted by Crippen LogP contribution is 2.29. The van der Waals surface area contributed by atoms with Crippen LogP contribution in [0.15, 0.2) is 12.3 Å². The summed E-state index contributed by atoms with van der Waals surface area (Å²) in [7, 11) is 0. The molecule has 2 fully saturated rings. The largest absolute Gasteiger partial charge is 0.389 e. The van der Waals surface area contributed by atoms with Crippen molar-refractivity contribution < 1.29 is 9.90 Å². The molecule has 0 aromatic carbocycles. The van der Waals surface area contributed by atoms with E-state index in [4.69, 9.17) is 5.10 Å². The second kappa shape index (κ2) is 8.31. The molecule has 0 radical (unpaired) electrons. The molecular formula is C21H36N4O2. The smallest absolute Gasteiger partial charge is 0.225 e. The number of carbonyl (C=O) groups is 1. The van der Waals surface area contributed by atoms with E-state index in [1.165, 1.54) is 0 Å². The normalized spacial score (nSPS) is 22.0. The summed E-state index contributed by atoms with van der Waals surface area (Å²) >= 11 is 0. The van der Waals surface area contributed by atoms with Gasteiger partial charge in [0, 0.05) is 38.4 Å². The fourth-order valence-electron chi connectivity index (χ4n) is 4.27. The fraction of sp³-hybridized carbons (Fsp3) is 0.810. The lowest BCUT2D eigenvalue weighted by molar-refractivity contribution is -0.140. The van der Waals surface area contributed by atoms with E-state index in [2.05, 4.69) is 49.5 Å². The third-order valence-corrected chi connectivity index (χ3v) is 6.35. The van der Waals surface area contributed by atoms with Gasteiger partial charge in [-0.15, -0.1) is 0 Å². The Morgan fingerprint density at radius 1 is 1.19 bits per heavy atom. The molecule has 1 amide bonds. The van der Waals surface area contributed by atoms with Crippen molar-refractivity contribution in [1.29, 1.82) is 0 Å². The Morgan fingerprint density at radius 2 is 1.81 bits per heavy atom. The van der Waals surface area contributed by atoms with E-state index in [9.17, 15) is 9.90 Å². The topological polar surface area (TPSA) is 61.6 Å². The highest BCUT2D eigenvalue weighted by atomic mass is 16.3. The van der Waals surface area contributed by atoms with E-state index >= 15 is 0 Å². The van der Waals surface area contributed by atoms with Crippen molar-refractivity contribution in [3.8, 4) is 0 Å². The molecular weight excluding hydrogens is 340 g/mol. The quantitative estimate of drug-likeness (QED) is 0.858. The zero-order valence-corrected chi connectivity index (χ0v) is 17.4. The maximum atomic E-state index is 12.8. The van der Waals surface area contributed by atoms with Crippen molar-refractivity contribution in [2.75, 3.05) is 26.2 Å². The lowest BCUT2D eigenvalue weighted by Gasteiger charge is -2.41. The van der Waals surface area contributed by atoms with Gasteiger partial charge < -0.3 is 14.9 Å². The summed E-state index contributed by atoms with van der Waals surface area (Å²) in [5.41, 5.74) is 0.302. The van der Waals surface area contributed by atoms with Crippen LogP contribution in [-0.4, -0.2) is 68.4 Å². The van der Waals surface area contributed by atoms with Crippen LogP contribution < -0.4 is 0 Å². The van der Waals surface area contributed by atoms with Crippen LogP contribution in [0.25, 0.3) is 0 Å². The Labute approximate surface area is 163 Å². The highest BCUT2D eigenvalue weighted by Gasteiger charge is 2.37. The SMILES string of the molecule is CC(C)c1ccn(C2CCN(C(=O)CC3(O)CCN(C(C)C)CC3)CC2)n1. The first-order valence-electron chi connectivity index (χ1n) is 10.6. The summed E-state index contributed by atoms with van der Waals surface area (Å²) in [4.78, 5) is 17.1. The first-order chi connectivity index (χ1) is 12.8. The molecule has 6 heteroatoms. The minimum Gasteiger partial charge on any atom is -0.389 e. The van der Waals surface area contributed by atoms with Crippen LogP contribution in [0.2, 0.25) is 0 Å². The van der Waals surface area contributed by atoms with E-state index in [0.29, 0.717) is 30.8 Å². The molecule has 2 aliphatic rings. The molecule has 0 saturated carbocycles. The van der Waals surface area contributed by atoms with Gasteiger partial charge in [0.1, 0.15) is 0 Å². The van der Waals surface area contributed by atoms with Gasteiger partial charge in [-0.3, -0.25) is 9.48 Å². The average molecular weight is 377 g/mol. The van der Waals surface area contributed by atoms with Crippen molar-refractivity contribution in [2.24, 2.45) is 0 Å². The fourth-order valence-corrected chi connectivity index (χ4v) is 4.27. The monoisotopic (exact) mass is 376 g/mol. The number of aliphatic hydroxyl groups is 1. The average Bonchev–Trinajstić information content (AvgIpc) is 3.12. The van der Waals surface area contributed by atoms with Crippen molar-refractivity contribution in [3.05, 3.63) is 18.0 Å². The minimum absolute atomic E-state index is 0.109. The van der Waals surface area contributed by atoms with Crippen molar-refractivity contribution in [2.45, 2.75) is 83.4 Å². The van der Waals surface area contributed by atoms with Crippen molar-refractivity contribution in [3.63, 3.8) is 0 Å². The van der Waals surface area contributed by atoms with Gasteiger partial charge in [0.05, 0.1) is 23.8 Å². The van der Waals surface area contributed by atoms with Gasteiger partial charge in [0.15, 0.2) is 0 Å². The van der Waals surface area contributed by atoms with Gasteiger partial charge in [-0.05, 0) is 51.5 Å². The predicted octanol–water partition coefficient (Wildman–Crippen LogP) is 2.80. The van der Waals surface area contributed by atoms with Gasteiger partial charge in [-0.25, -0.2) is 0 Å². The van der Waals surface area contributed by atoms with Crippen LogP contribution in [-0.2, 0) is 4.79 Å². The summed E-state index contributed by atoms with van der Waals surface area (Å²) in [6.07, 6.45) is 5.60. The molecule has 2 saturated heterocycles. The molecule has 1 aromatic heterocycles. The van der Waals surface area contributed by atoms with Crippen LogP contribution in [0.1, 0.15) is 77.5 Å². The number of likely N-dealkylation sites (tertiary alicyclic amines) is 2. The summed E-state index contributed by atoms with van der Waals surface area (Å²) in [6, 6.07) is 2.98. The Morgan fingerprint density at radius 3 is 2.33 bits per heavy atom. The minimum atomic E-state index is -0.826. The van der Waals surface area contributed by atoms with Crippen LogP contribution in [0.5, 0.6) is 0 Å². The van der Waals surface area contributed by atoms with Gasteiger partial charge >= 0.3 is 0 Å². The van der Waals surface area contributed by atoms with Gasteiger partial charge in [0.25, 0.3) is 0 Å². The Balaban J connectivity index is 1.48. The maximum Gasteiger partial charge on any atom is 0.225 e. The molecule has 6 nitrogen and oxygen atoms in total. The van der Waals surface area contributed by atoms with Crippen LogP contribution in [0.3, 0.4) is 0 Å². The second-order valence-electron chi connectivity index (χ2n) is 9.02. The molecule has 0 spiro atoms. The molecule has 27 heavy (non-hydrogen) atoms. The lowest BCUT2D eigenvalue weighted by atomic mass is 9.87. The number of aromatic nitrogens is 2. The Kier molecular flexibility index (Phi) is 6.26. The molecule has 0 bridgehead atoms. The van der Waals surface area contributed by atoms with E-state index in [0.717, 1.165) is 44.7 Å². The number of nitrogens with zero attached hydrogens (tertiary/aromatic N) is 4. The molecule has 152 valence electrons. The Bertz CT molecular complexity index is 624. The number of rotatable bonds is 5. The number of piperidine rings is 2. The Hall–Kier alpha value is -1.40. The van der Waals surface area contributed by atoms with Crippen LogP contribution in [0, 0.1) is 0 Å². The summed E-state index contributed by atoms with van der Waals surface area (Å²) in [5, 5.41) is 15.6. The molecule has 1 N–H and O–H groups in total. The number of amides is 1. The molecule has 0 atom stereocenters. The molecule has 3 heterocycles. The van der Waals surface area contributed by atoms with E-state index in [1.54, 1.807) is 0 Å². The number of hydrogen-bond donors (Lipinski definition) is 1. The zero-order valence-electron chi connectivity index (χ0n) is 17.4. The molecule has 3 rings (SSSR count). The summed E-state index contributed by atoms with van der Waals surface area (Å²) < 4.78 is 2.08. The summed E-state index contributed by atoms with van der Waals surface area (Å²) in [6.45, 7) is 12.0. The second-order valence-corrected chi connectivity index (χ2v) is 9.02. The maximum absolute atomic E-state index is 12.8. The van der Waals surface area contributed by atoms with E-state index in [1.807, 2.05) is 4.90 Å².